The Labute approximate surface area is 84.4 Å². The van der Waals surface area contributed by atoms with E-state index in [9.17, 15) is 4.79 Å². The molecule has 0 bridgehead atoms. The average molecular weight is 202 g/mol. The summed E-state index contributed by atoms with van der Waals surface area (Å²) in [7, 11) is 0. The Morgan fingerprint density at radius 3 is 3.00 bits per heavy atom. The number of aromatic carboxylic acids is 1. The second kappa shape index (κ2) is 3.06. The average Bonchev–Trinajstić information content (AvgIpc) is 2.55. The molecule has 15 heavy (non-hydrogen) atoms. The molecule has 0 saturated carbocycles. The van der Waals surface area contributed by atoms with Gasteiger partial charge in [0.1, 0.15) is 6.07 Å². The second-order valence-electron chi connectivity index (χ2n) is 3.00. The highest BCUT2D eigenvalue weighted by Gasteiger charge is 2.15. The van der Waals surface area contributed by atoms with Gasteiger partial charge in [0.15, 0.2) is 11.3 Å². The highest BCUT2D eigenvalue weighted by Crippen LogP contribution is 2.12. The fourth-order valence-corrected chi connectivity index (χ4v) is 1.31. The van der Waals surface area contributed by atoms with Gasteiger partial charge < -0.3 is 5.11 Å². The van der Waals surface area contributed by atoms with Gasteiger partial charge in [0.2, 0.25) is 0 Å². The van der Waals surface area contributed by atoms with Crippen LogP contribution in [0.15, 0.2) is 12.4 Å². The predicted octanol–water partition coefficient (Wildman–Crippen LogP) is 0.608. The van der Waals surface area contributed by atoms with E-state index < -0.39 is 5.97 Å². The Morgan fingerprint density at radius 2 is 2.40 bits per heavy atom. The predicted molar refractivity (Wildman–Crippen MR) is 49.4 cm³/mol. The maximum Gasteiger partial charge on any atom is 0.356 e. The Morgan fingerprint density at radius 1 is 1.67 bits per heavy atom. The molecule has 0 aliphatic heterocycles. The monoisotopic (exact) mass is 202 g/mol. The Bertz CT molecular complexity index is 594. The van der Waals surface area contributed by atoms with Crippen molar-refractivity contribution in [2.45, 2.75) is 6.92 Å². The van der Waals surface area contributed by atoms with Crippen molar-refractivity contribution in [1.29, 1.82) is 5.26 Å². The molecule has 6 heteroatoms. The third-order valence-electron chi connectivity index (χ3n) is 2.03. The van der Waals surface area contributed by atoms with Gasteiger partial charge >= 0.3 is 5.97 Å². The number of rotatable bonds is 1. The van der Waals surface area contributed by atoms with Gasteiger partial charge in [-0.25, -0.2) is 14.3 Å². The molecule has 0 fully saturated rings. The minimum atomic E-state index is -1.10. The van der Waals surface area contributed by atoms with Crippen molar-refractivity contribution in [1.82, 2.24) is 14.6 Å². The number of hydrogen-bond acceptors (Lipinski definition) is 4. The number of aromatic nitrogens is 3. The number of fused-ring (bicyclic) bond motifs is 1. The molecule has 0 aromatic carbocycles. The highest BCUT2D eigenvalue weighted by molar-refractivity contribution is 5.89. The zero-order chi connectivity index (χ0) is 11.0. The van der Waals surface area contributed by atoms with E-state index in [1.165, 1.54) is 16.9 Å². The molecule has 6 nitrogen and oxygen atoms in total. The van der Waals surface area contributed by atoms with Crippen molar-refractivity contribution in [2.75, 3.05) is 0 Å². The van der Waals surface area contributed by atoms with Crippen LogP contribution >= 0.6 is 0 Å². The highest BCUT2D eigenvalue weighted by atomic mass is 16.4. The van der Waals surface area contributed by atoms with Crippen molar-refractivity contribution < 1.29 is 9.90 Å². The molecule has 0 aliphatic carbocycles. The lowest BCUT2D eigenvalue weighted by Crippen LogP contribution is -1.99. The first kappa shape index (κ1) is 9.15. The molecule has 0 spiro atoms. The molecule has 0 atom stereocenters. The molecule has 2 heterocycles. The van der Waals surface area contributed by atoms with Crippen LogP contribution in [0.2, 0.25) is 0 Å². The third-order valence-corrected chi connectivity index (χ3v) is 2.03. The van der Waals surface area contributed by atoms with E-state index in [-0.39, 0.29) is 5.69 Å². The summed E-state index contributed by atoms with van der Waals surface area (Å²) in [5, 5.41) is 21.3. The van der Waals surface area contributed by atoms with E-state index in [0.717, 1.165) is 0 Å². The molecule has 0 amide bonds. The molecule has 0 radical (unpaired) electrons. The quantitative estimate of drug-likeness (QED) is 0.731. The summed E-state index contributed by atoms with van der Waals surface area (Å²) in [5.74, 6) is -1.10. The van der Waals surface area contributed by atoms with Crippen LogP contribution in [0.5, 0.6) is 0 Å². The van der Waals surface area contributed by atoms with Crippen LogP contribution in [-0.2, 0) is 0 Å². The molecule has 0 aliphatic rings. The standard InChI is InChI=1S/C9H6N4O2/c1-5-7(9(14)15)12-13-4-6(2-10)3-11-8(5)13/h3-4H,1H3,(H,14,15). The first-order valence-electron chi connectivity index (χ1n) is 4.12. The molecule has 0 saturated heterocycles. The van der Waals surface area contributed by atoms with Gasteiger partial charge in [0, 0.05) is 11.8 Å². The van der Waals surface area contributed by atoms with Gasteiger partial charge in [-0.2, -0.15) is 10.4 Å². The number of nitrogens with zero attached hydrogens (tertiary/aromatic N) is 4. The van der Waals surface area contributed by atoms with Crippen LogP contribution in [0, 0.1) is 18.3 Å². The number of carbonyl (C=O) groups is 1. The number of carboxylic acid groups (broad SMARTS) is 1. The summed E-state index contributed by atoms with van der Waals surface area (Å²) >= 11 is 0. The molecule has 74 valence electrons. The summed E-state index contributed by atoms with van der Waals surface area (Å²) in [5.41, 5.74) is 1.23. The van der Waals surface area contributed by atoms with E-state index >= 15 is 0 Å². The lowest BCUT2D eigenvalue weighted by molar-refractivity contribution is 0.0689. The van der Waals surface area contributed by atoms with Gasteiger partial charge in [0.25, 0.3) is 0 Å². The summed E-state index contributed by atoms with van der Waals surface area (Å²) in [6.07, 6.45) is 2.83. The molecule has 2 aromatic rings. The normalized spacial score (nSPS) is 10.1. The molecule has 0 unspecified atom stereocenters. The maximum absolute atomic E-state index is 10.8. The molecule has 1 N–H and O–H groups in total. The lowest BCUT2D eigenvalue weighted by atomic mass is 10.2. The van der Waals surface area contributed by atoms with Crippen LogP contribution in [-0.4, -0.2) is 25.7 Å². The van der Waals surface area contributed by atoms with Gasteiger partial charge in [-0.3, -0.25) is 0 Å². The number of nitriles is 1. The van der Waals surface area contributed by atoms with E-state index in [2.05, 4.69) is 10.1 Å². The smallest absolute Gasteiger partial charge is 0.356 e. The Kier molecular flexibility index (Phi) is 1.87. The number of hydrogen-bond donors (Lipinski definition) is 1. The van der Waals surface area contributed by atoms with Crippen LogP contribution in [0.4, 0.5) is 0 Å². The van der Waals surface area contributed by atoms with Crippen LogP contribution < -0.4 is 0 Å². The SMILES string of the molecule is Cc1c(C(=O)O)nn2cc(C#N)cnc12. The molecular weight excluding hydrogens is 196 g/mol. The maximum atomic E-state index is 10.8. The minimum absolute atomic E-state index is 0.0439. The summed E-state index contributed by atoms with van der Waals surface area (Å²) in [6, 6.07) is 1.91. The minimum Gasteiger partial charge on any atom is -0.476 e. The third kappa shape index (κ3) is 1.30. The summed E-state index contributed by atoms with van der Waals surface area (Å²) in [6.45, 7) is 1.63. The lowest BCUT2D eigenvalue weighted by Gasteiger charge is -1.91. The number of carboxylic acids is 1. The van der Waals surface area contributed by atoms with Crippen LogP contribution in [0.25, 0.3) is 5.65 Å². The van der Waals surface area contributed by atoms with E-state index in [1.54, 1.807) is 6.92 Å². The second-order valence-corrected chi connectivity index (χ2v) is 3.00. The number of aryl methyl sites for hydroxylation is 1. The molecule has 2 rings (SSSR count). The van der Waals surface area contributed by atoms with Crippen molar-refractivity contribution in [3.05, 3.63) is 29.2 Å². The van der Waals surface area contributed by atoms with Crippen molar-refractivity contribution in [3.8, 4) is 6.07 Å². The fourth-order valence-electron chi connectivity index (χ4n) is 1.31. The van der Waals surface area contributed by atoms with E-state index in [1.807, 2.05) is 6.07 Å². The zero-order valence-electron chi connectivity index (χ0n) is 7.80. The van der Waals surface area contributed by atoms with Gasteiger partial charge in [0.05, 0.1) is 11.8 Å². The zero-order valence-corrected chi connectivity index (χ0v) is 7.80. The van der Waals surface area contributed by atoms with E-state index in [4.69, 9.17) is 10.4 Å². The van der Waals surface area contributed by atoms with E-state index in [0.29, 0.717) is 16.8 Å². The van der Waals surface area contributed by atoms with Crippen molar-refractivity contribution >= 4 is 11.6 Å². The van der Waals surface area contributed by atoms with Gasteiger partial charge in [-0.05, 0) is 6.92 Å². The first-order valence-corrected chi connectivity index (χ1v) is 4.12. The van der Waals surface area contributed by atoms with Crippen molar-refractivity contribution in [3.63, 3.8) is 0 Å². The molecule has 2 aromatic heterocycles. The van der Waals surface area contributed by atoms with Gasteiger partial charge in [-0.15, -0.1) is 0 Å². The Hall–Kier alpha value is -2.42. The summed E-state index contributed by atoms with van der Waals surface area (Å²) in [4.78, 5) is 14.7. The Balaban J connectivity index is 2.77. The van der Waals surface area contributed by atoms with Crippen LogP contribution in [0.3, 0.4) is 0 Å². The van der Waals surface area contributed by atoms with Crippen LogP contribution in [0.1, 0.15) is 21.6 Å². The van der Waals surface area contributed by atoms with Crippen molar-refractivity contribution in [2.24, 2.45) is 0 Å². The van der Waals surface area contributed by atoms with Gasteiger partial charge in [-0.1, -0.05) is 0 Å². The largest absolute Gasteiger partial charge is 0.476 e. The topological polar surface area (TPSA) is 91.3 Å². The summed E-state index contributed by atoms with van der Waals surface area (Å²) < 4.78 is 1.30. The molecular formula is C9H6N4O2. The first-order chi connectivity index (χ1) is 7.13. The fraction of sp³-hybridized carbons (Fsp3) is 0.111.